The van der Waals surface area contributed by atoms with Crippen LogP contribution in [0.4, 0.5) is 10.1 Å². The lowest BCUT2D eigenvalue weighted by Crippen LogP contribution is -2.44. The number of aromatic nitrogens is 3. The van der Waals surface area contributed by atoms with Crippen molar-refractivity contribution in [2.75, 3.05) is 26.1 Å². The monoisotopic (exact) mass is 579 g/mol. The first-order valence-electron chi connectivity index (χ1n) is 13.0. The maximum atomic E-state index is 13.5. The van der Waals surface area contributed by atoms with Gasteiger partial charge in [-0.2, -0.15) is 9.78 Å². The number of hydrogen-bond donors (Lipinski definition) is 1. The van der Waals surface area contributed by atoms with Crippen LogP contribution in [-0.4, -0.2) is 63.9 Å². The van der Waals surface area contributed by atoms with Crippen molar-refractivity contribution in [3.05, 3.63) is 98.2 Å². The molecule has 0 spiro atoms. The van der Waals surface area contributed by atoms with Gasteiger partial charge in [0.05, 0.1) is 18.8 Å². The Morgan fingerprint density at radius 3 is 2.52 bits per heavy atom. The first kappa shape index (κ1) is 30.1. The summed E-state index contributed by atoms with van der Waals surface area (Å²) in [6.45, 7) is 2.67. The van der Waals surface area contributed by atoms with Crippen molar-refractivity contribution in [1.82, 2.24) is 19.2 Å². The van der Waals surface area contributed by atoms with Crippen molar-refractivity contribution < 1.29 is 28.2 Å². The number of rotatable bonds is 9. The first-order chi connectivity index (χ1) is 20.0. The van der Waals surface area contributed by atoms with E-state index in [-0.39, 0.29) is 31.2 Å². The van der Waals surface area contributed by atoms with Crippen LogP contribution in [0, 0.1) is 12.7 Å². The van der Waals surface area contributed by atoms with Gasteiger partial charge in [0, 0.05) is 50.9 Å². The molecule has 2 atom stereocenters. The summed E-state index contributed by atoms with van der Waals surface area (Å²) >= 11 is 0. The van der Waals surface area contributed by atoms with Crippen molar-refractivity contribution in [1.29, 1.82) is 0 Å². The molecule has 42 heavy (non-hydrogen) atoms. The fourth-order valence-electron chi connectivity index (χ4n) is 4.61. The molecule has 2 amide bonds. The molecule has 1 N–H and O–H groups in total. The second kappa shape index (κ2) is 12.7. The summed E-state index contributed by atoms with van der Waals surface area (Å²) in [4.78, 5) is 64.6. The molecule has 1 unspecified atom stereocenters. The molecule has 0 fully saturated rings. The third kappa shape index (κ3) is 6.69. The minimum absolute atomic E-state index is 0.0265. The predicted molar refractivity (Wildman–Crippen MR) is 150 cm³/mol. The van der Waals surface area contributed by atoms with Gasteiger partial charge in [-0.05, 0) is 42.3 Å². The van der Waals surface area contributed by atoms with E-state index in [1.807, 2.05) is 0 Å². The van der Waals surface area contributed by atoms with E-state index in [1.165, 1.54) is 55.5 Å². The molecule has 12 nitrogen and oxygen atoms in total. The average Bonchev–Trinajstić information content (AvgIpc) is 2.94. The van der Waals surface area contributed by atoms with Gasteiger partial charge in [-0.25, -0.2) is 9.18 Å². The highest BCUT2D eigenvalue weighted by atomic mass is 19.1. The van der Waals surface area contributed by atoms with E-state index in [0.717, 1.165) is 15.4 Å². The van der Waals surface area contributed by atoms with Crippen molar-refractivity contribution >= 4 is 23.5 Å². The van der Waals surface area contributed by atoms with E-state index in [4.69, 9.17) is 9.47 Å². The minimum atomic E-state index is -0.885. The SMILES string of the molecule is COC[C@@H](Cn1c(=O)cnn(-c2ccc(C)c(NC(=O)C3=CN(C)C(=O)CC3c3ccc(F)cc3)c2)c1=O)OC(C)=O. The van der Waals surface area contributed by atoms with Gasteiger partial charge in [0.25, 0.3) is 11.5 Å². The predicted octanol–water partition coefficient (Wildman–Crippen LogP) is 1.89. The Morgan fingerprint density at radius 2 is 1.86 bits per heavy atom. The number of methoxy groups -OCH3 is 1. The third-order valence-corrected chi connectivity index (χ3v) is 6.76. The van der Waals surface area contributed by atoms with Gasteiger partial charge in [-0.1, -0.05) is 18.2 Å². The van der Waals surface area contributed by atoms with Crippen LogP contribution in [-0.2, 0) is 30.4 Å². The van der Waals surface area contributed by atoms with Gasteiger partial charge in [-0.3, -0.25) is 23.7 Å². The summed E-state index contributed by atoms with van der Waals surface area (Å²) in [6, 6.07) is 10.4. The molecule has 13 heteroatoms. The second-order valence-electron chi connectivity index (χ2n) is 9.83. The van der Waals surface area contributed by atoms with Gasteiger partial charge in [0.15, 0.2) is 0 Å². The zero-order valence-corrected chi connectivity index (χ0v) is 23.5. The number of hydrogen-bond acceptors (Lipinski definition) is 8. The van der Waals surface area contributed by atoms with E-state index in [1.54, 1.807) is 26.1 Å². The largest absolute Gasteiger partial charge is 0.458 e. The molecule has 0 radical (unpaired) electrons. The highest BCUT2D eigenvalue weighted by Crippen LogP contribution is 2.33. The highest BCUT2D eigenvalue weighted by molar-refractivity contribution is 6.06. The standard InChI is InChI=1S/C29H30FN5O7/c1-17-5-10-21(35-29(40)34(27(38)13-31-35)14-22(16-41-4)42-18(2)36)11-25(17)32-28(39)24-15-33(3)26(37)12-23(24)19-6-8-20(30)9-7-19/h5-11,13,15,22-23H,12,14,16H2,1-4H3,(H,32,39)/t22-,23?/m1/s1. The van der Waals surface area contributed by atoms with Crippen LogP contribution in [0.5, 0.6) is 0 Å². The molecule has 2 aromatic carbocycles. The molecule has 0 bridgehead atoms. The molecule has 1 aromatic heterocycles. The molecule has 2 heterocycles. The Hall–Kier alpha value is -4.91. The van der Waals surface area contributed by atoms with Crippen LogP contribution in [0.3, 0.4) is 0 Å². The summed E-state index contributed by atoms with van der Waals surface area (Å²) in [6.07, 6.45) is 1.56. The molecular weight excluding hydrogens is 549 g/mol. The Bertz CT molecular complexity index is 1660. The quantitative estimate of drug-likeness (QED) is 0.379. The Morgan fingerprint density at radius 1 is 1.14 bits per heavy atom. The molecule has 0 aliphatic carbocycles. The zero-order valence-electron chi connectivity index (χ0n) is 23.5. The van der Waals surface area contributed by atoms with E-state index < -0.39 is 41.0 Å². The lowest BCUT2D eigenvalue weighted by atomic mass is 9.85. The maximum absolute atomic E-state index is 13.5. The fraction of sp³-hybridized carbons (Fsp3) is 0.310. The van der Waals surface area contributed by atoms with Gasteiger partial charge < -0.3 is 19.7 Å². The number of nitrogens with zero attached hydrogens (tertiary/aromatic N) is 4. The normalized spacial score (nSPS) is 15.6. The summed E-state index contributed by atoms with van der Waals surface area (Å²) in [5.74, 6) is -2.30. The van der Waals surface area contributed by atoms with Crippen molar-refractivity contribution in [2.45, 2.75) is 38.8 Å². The van der Waals surface area contributed by atoms with E-state index in [9.17, 15) is 28.4 Å². The highest BCUT2D eigenvalue weighted by Gasteiger charge is 2.31. The zero-order chi connectivity index (χ0) is 30.6. The van der Waals surface area contributed by atoms with E-state index in [0.29, 0.717) is 22.4 Å². The van der Waals surface area contributed by atoms with E-state index in [2.05, 4.69) is 10.4 Å². The van der Waals surface area contributed by atoms with Crippen LogP contribution >= 0.6 is 0 Å². The Labute approximate surface area is 240 Å². The number of nitrogens with one attached hydrogen (secondary N) is 1. The van der Waals surface area contributed by atoms with Gasteiger partial charge in [0.1, 0.15) is 18.1 Å². The van der Waals surface area contributed by atoms with Crippen LogP contribution in [0.1, 0.15) is 30.4 Å². The summed E-state index contributed by atoms with van der Waals surface area (Å²) in [7, 11) is 2.95. The van der Waals surface area contributed by atoms with E-state index >= 15 is 0 Å². The summed E-state index contributed by atoms with van der Waals surface area (Å²) in [5.41, 5.74) is 0.714. The maximum Gasteiger partial charge on any atom is 0.352 e. The minimum Gasteiger partial charge on any atom is -0.458 e. The molecule has 1 aliphatic rings. The molecular formula is C29H30FN5O7. The number of aryl methyl sites for hydroxylation is 1. The van der Waals surface area contributed by atoms with Gasteiger partial charge >= 0.3 is 11.7 Å². The summed E-state index contributed by atoms with van der Waals surface area (Å²) in [5, 5.41) is 6.82. The molecule has 0 saturated carbocycles. The molecule has 4 rings (SSSR count). The van der Waals surface area contributed by atoms with Crippen LogP contribution in [0.15, 0.2) is 70.0 Å². The third-order valence-electron chi connectivity index (χ3n) is 6.76. The number of ether oxygens (including phenoxy) is 2. The van der Waals surface area contributed by atoms with Crippen molar-refractivity contribution in [2.24, 2.45) is 0 Å². The lowest BCUT2D eigenvalue weighted by Gasteiger charge is -2.28. The number of anilines is 1. The molecule has 1 aliphatic heterocycles. The number of benzene rings is 2. The van der Waals surface area contributed by atoms with Crippen molar-refractivity contribution in [3.8, 4) is 5.69 Å². The summed E-state index contributed by atoms with van der Waals surface area (Å²) < 4.78 is 25.6. The first-order valence-corrected chi connectivity index (χ1v) is 13.0. The number of carbonyl (C=O) groups excluding carboxylic acids is 3. The van der Waals surface area contributed by atoms with Crippen molar-refractivity contribution in [3.63, 3.8) is 0 Å². The molecule has 0 saturated heterocycles. The Kier molecular flexibility index (Phi) is 9.11. The van der Waals surface area contributed by atoms with Crippen LogP contribution in [0.2, 0.25) is 0 Å². The second-order valence-corrected chi connectivity index (χ2v) is 9.83. The van der Waals surface area contributed by atoms with Gasteiger partial charge in [0.2, 0.25) is 5.91 Å². The molecule has 220 valence electrons. The molecule has 3 aromatic rings. The van der Waals surface area contributed by atoms with Gasteiger partial charge in [-0.15, -0.1) is 0 Å². The topological polar surface area (TPSA) is 142 Å². The fourth-order valence-corrected chi connectivity index (χ4v) is 4.61. The number of halogens is 1. The average molecular weight is 580 g/mol. The Balaban J connectivity index is 1.66. The number of carbonyl (C=O) groups is 3. The lowest BCUT2D eigenvalue weighted by molar-refractivity contribution is -0.149. The number of esters is 1. The van der Waals surface area contributed by atoms with Crippen LogP contribution < -0.4 is 16.6 Å². The number of amides is 2. The smallest absolute Gasteiger partial charge is 0.352 e. The van der Waals surface area contributed by atoms with Crippen LogP contribution in [0.25, 0.3) is 5.69 Å².